The molecule has 1 aliphatic heterocycles. The molecule has 4 heteroatoms. The van der Waals surface area contributed by atoms with Crippen molar-refractivity contribution in [2.24, 2.45) is 0 Å². The van der Waals surface area contributed by atoms with Gasteiger partial charge in [0.25, 0.3) is 0 Å². The van der Waals surface area contributed by atoms with Gasteiger partial charge in [-0.1, -0.05) is 24.3 Å². The first-order valence-corrected chi connectivity index (χ1v) is 5.75. The zero-order valence-corrected chi connectivity index (χ0v) is 9.63. The van der Waals surface area contributed by atoms with Crippen molar-refractivity contribution in [3.63, 3.8) is 0 Å². The van der Waals surface area contributed by atoms with E-state index in [4.69, 9.17) is 14.6 Å². The Morgan fingerprint density at radius 1 is 1.17 bits per heavy atom. The van der Waals surface area contributed by atoms with Gasteiger partial charge in [-0.2, -0.15) is 0 Å². The van der Waals surface area contributed by atoms with E-state index >= 15 is 0 Å². The number of rotatable bonds is 2. The Labute approximate surface area is 104 Å². The quantitative estimate of drug-likeness (QED) is 0.882. The van der Waals surface area contributed by atoms with Gasteiger partial charge >= 0.3 is 5.97 Å². The van der Waals surface area contributed by atoms with Gasteiger partial charge in [-0.25, -0.2) is 4.79 Å². The van der Waals surface area contributed by atoms with Gasteiger partial charge < -0.3 is 14.6 Å². The summed E-state index contributed by atoms with van der Waals surface area (Å²) in [7, 11) is 0. The maximum absolute atomic E-state index is 11.0. The molecule has 0 saturated carbocycles. The fourth-order valence-electron chi connectivity index (χ4n) is 2.17. The Balaban J connectivity index is 2.17. The molecule has 2 aromatic carbocycles. The van der Waals surface area contributed by atoms with Crippen LogP contribution in [0, 0.1) is 0 Å². The fraction of sp³-hybridized carbons (Fsp3) is 0.214. The minimum absolute atomic E-state index is 0.271. The van der Waals surface area contributed by atoms with Crippen LogP contribution in [0.15, 0.2) is 36.4 Å². The highest BCUT2D eigenvalue weighted by molar-refractivity contribution is 5.95. The molecule has 1 saturated heterocycles. The van der Waals surface area contributed by atoms with E-state index in [0.29, 0.717) is 13.2 Å². The van der Waals surface area contributed by atoms with Gasteiger partial charge in [0, 0.05) is 5.56 Å². The van der Waals surface area contributed by atoms with E-state index in [-0.39, 0.29) is 5.56 Å². The number of aromatic carboxylic acids is 1. The van der Waals surface area contributed by atoms with E-state index in [9.17, 15) is 4.79 Å². The fourth-order valence-corrected chi connectivity index (χ4v) is 2.17. The average Bonchev–Trinajstić information content (AvgIpc) is 2.91. The van der Waals surface area contributed by atoms with E-state index in [1.165, 1.54) is 0 Å². The first kappa shape index (κ1) is 11.2. The minimum Gasteiger partial charge on any atom is -0.478 e. The van der Waals surface area contributed by atoms with Crippen LogP contribution in [-0.2, 0) is 9.47 Å². The van der Waals surface area contributed by atoms with Gasteiger partial charge in [-0.3, -0.25) is 0 Å². The van der Waals surface area contributed by atoms with Crippen molar-refractivity contribution in [1.29, 1.82) is 0 Å². The van der Waals surface area contributed by atoms with Crippen molar-refractivity contribution >= 4 is 16.7 Å². The molecule has 1 N–H and O–H groups in total. The van der Waals surface area contributed by atoms with Crippen LogP contribution in [-0.4, -0.2) is 24.3 Å². The lowest BCUT2D eigenvalue weighted by Crippen LogP contribution is -2.01. The van der Waals surface area contributed by atoms with Gasteiger partial charge in [0.15, 0.2) is 6.29 Å². The smallest absolute Gasteiger partial charge is 0.335 e. The molecule has 0 radical (unpaired) electrons. The number of carboxylic acids is 1. The second kappa shape index (κ2) is 4.40. The van der Waals surface area contributed by atoms with Crippen molar-refractivity contribution in [3.05, 3.63) is 47.5 Å². The molecule has 92 valence electrons. The molecule has 1 heterocycles. The SMILES string of the molecule is O=C(O)c1ccc2cccc(C3OCCO3)c2c1. The summed E-state index contributed by atoms with van der Waals surface area (Å²) in [6.45, 7) is 1.14. The Morgan fingerprint density at radius 3 is 2.67 bits per heavy atom. The third kappa shape index (κ3) is 1.85. The monoisotopic (exact) mass is 244 g/mol. The molecular formula is C14H12O4. The Morgan fingerprint density at radius 2 is 1.94 bits per heavy atom. The number of benzene rings is 2. The van der Waals surface area contributed by atoms with Crippen molar-refractivity contribution in [2.75, 3.05) is 13.2 Å². The second-order valence-electron chi connectivity index (χ2n) is 4.16. The Bertz CT molecular complexity index is 600. The van der Waals surface area contributed by atoms with Crippen molar-refractivity contribution in [3.8, 4) is 0 Å². The van der Waals surface area contributed by atoms with Crippen LogP contribution in [0.25, 0.3) is 10.8 Å². The van der Waals surface area contributed by atoms with E-state index in [1.54, 1.807) is 18.2 Å². The van der Waals surface area contributed by atoms with E-state index in [1.807, 2.05) is 18.2 Å². The summed E-state index contributed by atoms with van der Waals surface area (Å²) in [6, 6.07) is 10.8. The predicted octanol–water partition coefficient (Wildman–Crippen LogP) is 2.58. The van der Waals surface area contributed by atoms with Crippen LogP contribution in [0.2, 0.25) is 0 Å². The number of fused-ring (bicyclic) bond motifs is 1. The molecule has 1 aliphatic rings. The minimum atomic E-state index is -0.931. The van der Waals surface area contributed by atoms with Gasteiger partial charge in [0.05, 0.1) is 18.8 Å². The molecule has 0 aliphatic carbocycles. The summed E-state index contributed by atoms with van der Waals surface area (Å²) in [5, 5.41) is 10.9. The van der Waals surface area contributed by atoms with Crippen LogP contribution in [0.1, 0.15) is 22.2 Å². The Kier molecular flexibility index (Phi) is 2.74. The van der Waals surface area contributed by atoms with Crippen molar-refractivity contribution < 1.29 is 19.4 Å². The third-order valence-corrected chi connectivity index (χ3v) is 3.04. The summed E-state index contributed by atoms with van der Waals surface area (Å²) in [4.78, 5) is 11.0. The number of ether oxygens (including phenoxy) is 2. The highest BCUT2D eigenvalue weighted by Crippen LogP contribution is 2.30. The summed E-state index contributed by atoms with van der Waals surface area (Å²) in [6.07, 6.45) is -0.391. The van der Waals surface area contributed by atoms with Gasteiger partial charge in [0.1, 0.15) is 0 Å². The molecule has 0 atom stereocenters. The van der Waals surface area contributed by atoms with Crippen molar-refractivity contribution in [1.82, 2.24) is 0 Å². The maximum Gasteiger partial charge on any atom is 0.335 e. The number of hydrogen-bond donors (Lipinski definition) is 1. The first-order chi connectivity index (χ1) is 8.75. The molecule has 1 fully saturated rings. The molecule has 0 bridgehead atoms. The zero-order valence-electron chi connectivity index (χ0n) is 9.63. The van der Waals surface area contributed by atoms with Crippen LogP contribution in [0.3, 0.4) is 0 Å². The first-order valence-electron chi connectivity index (χ1n) is 5.75. The van der Waals surface area contributed by atoms with E-state index in [2.05, 4.69) is 0 Å². The molecule has 18 heavy (non-hydrogen) atoms. The van der Waals surface area contributed by atoms with Crippen molar-refractivity contribution in [2.45, 2.75) is 6.29 Å². The van der Waals surface area contributed by atoms with Gasteiger partial charge in [-0.15, -0.1) is 0 Å². The molecule has 3 rings (SSSR count). The zero-order chi connectivity index (χ0) is 12.5. The summed E-state index contributed by atoms with van der Waals surface area (Å²) < 4.78 is 11.0. The van der Waals surface area contributed by atoms with Crippen LogP contribution in [0.5, 0.6) is 0 Å². The third-order valence-electron chi connectivity index (χ3n) is 3.04. The van der Waals surface area contributed by atoms with Gasteiger partial charge in [-0.05, 0) is 22.9 Å². The van der Waals surface area contributed by atoms with Gasteiger partial charge in [0.2, 0.25) is 0 Å². The molecule has 0 unspecified atom stereocenters. The van der Waals surface area contributed by atoms with E-state index < -0.39 is 12.3 Å². The molecule has 0 aromatic heterocycles. The van der Waals surface area contributed by atoms with Crippen LogP contribution < -0.4 is 0 Å². The van der Waals surface area contributed by atoms with Crippen LogP contribution >= 0.6 is 0 Å². The highest BCUT2D eigenvalue weighted by Gasteiger charge is 2.20. The maximum atomic E-state index is 11.0. The average molecular weight is 244 g/mol. The molecule has 2 aromatic rings. The number of carbonyl (C=O) groups is 1. The number of hydrogen-bond acceptors (Lipinski definition) is 3. The lowest BCUT2D eigenvalue weighted by molar-refractivity contribution is -0.0430. The topological polar surface area (TPSA) is 55.8 Å². The summed E-state index contributed by atoms with van der Waals surface area (Å²) in [5.41, 5.74) is 1.15. The Hall–Kier alpha value is -1.91. The highest BCUT2D eigenvalue weighted by atomic mass is 16.7. The summed E-state index contributed by atoms with van der Waals surface area (Å²) in [5.74, 6) is -0.931. The largest absolute Gasteiger partial charge is 0.478 e. The standard InChI is InChI=1S/C14H12O4/c15-13(16)10-5-4-9-2-1-3-11(12(9)8-10)14-17-6-7-18-14/h1-5,8,14H,6-7H2,(H,15,16). The summed E-state index contributed by atoms with van der Waals surface area (Å²) >= 11 is 0. The van der Waals surface area contributed by atoms with Crippen LogP contribution in [0.4, 0.5) is 0 Å². The lowest BCUT2D eigenvalue weighted by Gasteiger charge is -2.12. The molecule has 0 spiro atoms. The lowest BCUT2D eigenvalue weighted by atomic mass is 10.0. The second-order valence-corrected chi connectivity index (χ2v) is 4.16. The molecule has 0 amide bonds. The van der Waals surface area contributed by atoms with E-state index in [0.717, 1.165) is 16.3 Å². The predicted molar refractivity (Wildman–Crippen MR) is 65.6 cm³/mol. The molecule has 4 nitrogen and oxygen atoms in total. The molecular weight excluding hydrogens is 232 g/mol. The normalized spacial score (nSPS) is 16.2. The number of carboxylic acid groups (broad SMARTS) is 1.